The first-order chi connectivity index (χ1) is 9.78. The summed E-state index contributed by atoms with van der Waals surface area (Å²) in [5.41, 5.74) is 1.32. The summed E-state index contributed by atoms with van der Waals surface area (Å²) in [4.78, 5) is 9.73. The number of hydrogen-bond donors (Lipinski definition) is 1. The first kappa shape index (κ1) is 13.8. The summed E-state index contributed by atoms with van der Waals surface area (Å²) in [5.74, 6) is 1.15. The van der Waals surface area contributed by atoms with Crippen LogP contribution in [0.15, 0.2) is 18.3 Å². The van der Waals surface area contributed by atoms with Gasteiger partial charge >= 0.3 is 0 Å². The number of nitrogens with zero attached hydrogens (tertiary/aromatic N) is 3. The number of aromatic nitrogens is 1. The van der Waals surface area contributed by atoms with Crippen LogP contribution in [0.3, 0.4) is 0 Å². The van der Waals surface area contributed by atoms with Crippen molar-refractivity contribution in [3.63, 3.8) is 0 Å². The van der Waals surface area contributed by atoms with Gasteiger partial charge in [-0.3, -0.25) is 4.90 Å². The summed E-state index contributed by atoms with van der Waals surface area (Å²) < 4.78 is 0. The number of anilines is 1. The molecule has 1 N–H and O–H groups in total. The number of piperazine rings is 1. The minimum atomic E-state index is 0.382. The standard InChI is InChI=1S/C16H26N4/c1-13(17-2)14-6-7-18-16(11-14)20-10-9-19-8-4-3-5-15(19)12-20/h6-7,11,13,15,17H,3-5,8-10,12H2,1-2H3. The Morgan fingerprint density at radius 2 is 2.20 bits per heavy atom. The average Bonchev–Trinajstić information content (AvgIpc) is 2.53. The fraction of sp³-hybridized carbons (Fsp3) is 0.688. The molecule has 0 radical (unpaired) electrons. The molecule has 3 rings (SSSR count). The van der Waals surface area contributed by atoms with Crippen molar-refractivity contribution in [3.05, 3.63) is 23.9 Å². The molecule has 4 heteroatoms. The van der Waals surface area contributed by atoms with Gasteiger partial charge in [-0.25, -0.2) is 4.98 Å². The van der Waals surface area contributed by atoms with Crippen LogP contribution in [0.1, 0.15) is 37.8 Å². The van der Waals surface area contributed by atoms with Gasteiger partial charge in [0.2, 0.25) is 0 Å². The molecule has 2 fully saturated rings. The zero-order chi connectivity index (χ0) is 13.9. The molecule has 2 unspecified atom stereocenters. The lowest BCUT2D eigenvalue weighted by Gasteiger charge is -2.44. The molecule has 1 aromatic heterocycles. The van der Waals surface area contributed by atoms with Gasteiger partial charge in [0, 0.05) is 37.9 Å². The van der Waals surface area contributed by atoms with Gasteiger partial charge in [-0.15, -0.1) is 0 Å². The molecule has 0 spiro atoms. The normalized spacial score (nSPS) is 25.3. The highest BCUT2D eigenvalue weighted by Crippen LogP contribution is 2.25. The van der Waals surface area contributed by atoms with Gasteiger partial charge in [-0.2, -0.15) is 0 Å². The lowest BCUT2D eigenvalue weighted by molar-refractivity contribution is 0.133. The van der Waals surface area contributed by atoms with Gasteiger partial charge in [-0.05, 0) is 51.1 Å². The maximum absolute atomic E-state index is 4.60. The van der Waals surface area contributed by atoms with E-state index in [1.807, 2.05) is 13.2 Å². The molecule has 4 nitrogen and oxygen atoms in total. The van der Waals surface area contributed by atoms with Crippen molar-refractivity contribution in [2.24, 2.45) is 0 Å². The highest BCUT2D eigenvalue weighted by atomic mass is 15.3. The summed E-state index contributed by atoms with van der Waals surface area (Å²) >= 11 is 0. The predicted octanol–water partition coefficient (Wildman–Crippen LogP) is 2.04. The van der Waals surface area contributed by atoms with Crippen LogP contribution < -0.4 is 10.2 Å². The monoisotopic (exact) mass is 274 g/mol. The average molecular weight is 274 g/mol. The Morgan fingerprint density at radius 3 is 3.05 bits per heavy atom. The molecule has 0 aromatic carbocycles. The SMILES string of the molecule is CNC(C)c1ccnc(N2CCN3CCCCC3C2)c1. The molecule has 110 valence electrons. The molecule has 2 aliphatic heterocycles. The minimum Gasteiger partial charge on any atom is -0.354 e. The van der Waals surface area contributed by atoms with E-state index in [2.05, 4.69) is 39.2 Å². The largest absolute Gasteiger partial charge is 0.354 e. The molecule has 2 atom stereocenters. The van der Waals surface area contributed by atoms with Gasteiger partial charge < -0.3 is 10.2 Å². The van der Waals surface area contributed by atoms with E-state index in [1.165, 1.54) is 37.9 Å². The third kappa shape index (κ3) is 2.81. The van der Waals surface area contributed by atoms with Crippen molar-refractivity contribution in [2.75, 3.05) is 38.1 Å². The molecule has 2 saturated heterocycles. The second-order valence-electron chi connectivity index (χ2n) is 6.09. The maximum Gasteiger partial charge on any atom is 0.128 e. The Morgan fingerprint density at radius 1 is 1.30 bits per heavy atom. The summed E-state index contributed by atoms with van der Waals surface area (Å²) in [6.45, 7) is 6.93. The number of pyridine rings is 1. The van der Waals surface area contributed by atoms with Crippen molar-refractivity contribution < 1.29 is 0 Å². The second kappa shape index (κ2) is 6.10. The topological polar surface area (TPSA) is 31.4 Å². The molecular weight excluding hydrogens is 248 g/mol. The molecule has 3 heterocycles. The van der Waals surface area contributed by atoms with Crippen LogP contribution in [0, 0.1) is 0 Å². The zero-order valence-corrected chi connectivity index (χ0v) is 12.7. The Hall–Kier alpha value is -1.13. The van der Waals surface area contributed by atoms with Crippen LogP contribution in [0.25, 0.3) is 0 Å². The number of fused-ring (bicyclic) bond motifs is 1. The van der Waals surface area contributed by atoms with Crippen molar-refractivity contribution in [1.29, 1.82) is 0 Å². The highest BCUT2D eigenvalue weighted by molar-refractivity contribution is 5.42. The van der Waals surface area contributed by atoms with E-state index in [9.17, 15) is 0 Å². The van der Waals surface area contributed by atoms with E-state index >= 15 is 0 Å². The molecular formula is C16H26N4. The van der Waals surface area contributed by atoms with Crippen LogP contribution in [-0.4, -0.2) is 49.2 Å². The third-order valence-corrected chi connectivity index (χ3v) is 4.86. The van der Waals surface area contributed by atoms with E-state index in [0.29, 0.717) is 6.04 Å². The molecule has 20 heavy (non-hydrogen) atoms. The molecule has 2 aliphatic rings. The summed E-state index contributed by atoms with van der Waals surface area (Å²) in [6.07, 6.45) is 6.07. The molecule has 0 saturated carbocycles. The molecule has 0 amide bonds. The summed E-state index contributed by atoms with van der Waals surface area (Å²) in [5, 5.41) is 3.30. The number of piperidine rings is 1. The van der Waals surface area contributed by atoms with Crippen molar-refractivity contribution in [1.82, 2.24) is 15.2 Å². The van der Waals surface area contributed by atoms with Crippen molar-refractivity contribution in [2.45, 2.75) is 38.3 Å². The number of hydrogen-bond acceptors (Lipinski definition) is 4. The quantitative estimate of drug-likeness (QED) is 0.914. The van der Waals surface area contributed by atoms with Gasteiger partial charge in [0.1, 0.15) is 5.82 Å². The molecule has 1 aromatic rings. The van der Waals surface area contributed by atoms with Gasteiger partial charge in [0.05, 0.1) is 0 Å². The van der Waals surface area contributed by atoms with Crippen LogP contribution >= 0.6 is 0 Å². The van der Waals surface area contributed by atoms with Crippen molar-refractivity contribution >= 4 is 5.82 Å². The fourth-order valence-corrected chi connectivity index (χ4v) is 3.41. The van der Waals surface area contributed by atoms with E-state index in [1.54, 1.807) is 0 Å². The van der Waals surface area contributed by atoms with E-state index < -0.39 is 0 Å². The first-order valence-electron chi connectivity index (χ1n) is 7.90. The van der Waals surface area contributed by atoms with Crippen molar-refractivity contribution in [3.8, 4) is 0 Å². The van der Waals surface area contributed by atoms with Crippen LogP contribution in [0.4, 0.5) is 5.82 Å². The fourth-order valence-electron chi connectivity index (χ4n) is 3.41. The van der Waals surface area contributed by atoms with Gasteiger partial charge in [0.25, 0.3) is 0 Å². The lowest BCUT2D eigenvalue weighted by atomic mass is 9.99. The van der Waals surface area contributed by atoms with Gasteiger partial charge in [0.15, 0.2) is 0 Å². The van der Waals surface area contributed by atoms with E-state index in [-0.39, 0.29) is 0 Å². The Labute approximate surface area is 122 Å². The lowest BCUT2D eigenvalue weighted by Crippen LogP contribution is -2.55. The van der Waals surface area contributed by atoms with E-state index in [0.717, 1.165) is 24.9 Å². The predicted molar refractivity (Wildman–Crippen MR) is 83.1 cm³/mol. The van der Waals surface area contributed by atoms with Gasteiger partial charge in [-0.1, -0.05) is 6.42 Å². The smallest absolute Gasteiger partial charge is 0.128 e. The Kier molecular flexibility index (Phi) is 4.22. The number of nitrogens with one attached hydrogen (secondary N) is 1. The maximum atomic E-state index is 4.60. The van der Waals surface area contributed by atoms with Crippen LogP contribution in [0.5, 0.6) is 0 Å². The minimum absolute atomic E-state index is 0.382. The summed E-state index contributed by atoms with van der Waals surface area (Å²) in [7, 11) is 2.01. The molecule has 0 aliphatic carbocycles. The Balaban J connectivity index is 1.73. The Bertz CT molecular complexity index is 448. The third-order valence-electron chi connectivity index (χ3n) is 4.86. The number of rotatable bonds is 3. The van der Waals surface area contributed by atoms with Crippen LogP contribution in [0.2, 0.25) is 0 Å². The zero-order valence-electron chi connectivity index (χ0n) is 12.7. The van der Waals surface area contributed by atoms with Crippen LogP contribution in [-0.2, 0) is 0 Å². The first-order valence-corrected chi connectivity index (χ1v) is 7.90. The van der Waals surface area contributed by atoms with E-state index in [4.69, 9.17) is 0 Å². The second-order valence-corrected chi connectivity index (χ2v) is 6.09. The summed E-state index contributed by atoms with van der Waals surface area (Å²) in [6, 6.07) is 5.48. The molecule has 0 bridgehead atoms. The highest BCUT2D eigenvalue weighted by Gasteiger charge is 2.29.